The van der Waals surface area contributed by atoms with Crippen molar-refractivity contribution in [3.63, 3.8) is 0 Å². The fraction of sp³-hybridized carbons (Fsp3) is 0.455. The highest BCUT2D eigenvalue weighted by Crippen LogP contribution is 2.39. The molecule has 0 fully saturated rings. The molecule has 0 saturated carbocycles. The lowest BCUT2D eigenvalue weighted by Gasteiger charge is -2.29. The molecule has 0 unspecified atom stereocenters. The Bertz CT molecular complexity index is 1030. The second-order valence-electron chi connectivity index (χ2n) is 9.62. The molecule has 0 N–H and O–H groups in total. The van der Waals surface area contributed by atoms with Gasteiger partial charge < -0.3 is 14.7 Å². The van der Waals surface area contributed by atoms with Crippen LogP contribution in [0.1, 0.15) is 75.3 Å². The molecule has 0 aliphatic heterocycles. The normalized spacial score (nSPS) is 11.1. The second-order valence-corrected chi connectivity index (χ2v) is 9.62. The fourth-order valence-corrected chi connectivity index (χ4v) is 5.44. The predicted molar refractivity (Wildman–Crippen MR) is 160 cm³/mol. The van der Waals surface area contributed by atoms with Crippen LogP contribution in [0.15, 0.2) is 60.7 Å². The van der Waals surface area contributed by atoms with E-state index in [-0.39, 0.29) is 5.92 Å². The molecule has 3 rings (SSSR count). The number of hydrogen-bond donors (Lipinski definition) is 0. The number of nitrogens with zero attached hydrogens (tertiary/aromatic N) is 3. The van der Waals surface area contributed by atoms with E-state index in [1.165, 1.54) is 44.9 Å². The summed E-state index contributed by atoms with van der Waals surface area (Å²) in [5, 5.41) is 0. The van der Waals surface area contributed by atoms with E-state index >= 15 is 0 Å². The average Bonchev–Trinajstić information content (AvgIpc) is 2.90. The van der Waals surface area contributed by atoms with Crippen molar-refractivity contribution in [2.45, 2.75) is 61.3 Å². The largest absolute Gasteiger partial charge is 0.372 e. The summed E-state index contributed by atoms with van der Waals surface area (Å²) in [6.45, 7) is 24.0. The van der Waals surface area contributed by atoms with E-state index in [1.54, 1.807) is 0 Å². The minimum atomic E-state index is 0.182. The quantitative estimate of drug-likeness (QED) is 0.240. The third-order valence-electron chi connectivity index (χ3n) is 7.76. The lowest BCUT2D eigenvalue weighted by atomic mass is 9.80. The molecule has 0 atom stereocenters. The molecular weight excluding hydrogens is 438 g/mol. The Labute approximate surface area is 220 Å². The van der Waals surface area contributed by atoms with Crippen LogP contribution in [0.3, 0.4) is 0 Å². The number of benzene rings is 3. The molecule has 0 amide bonds. The Morgan fingerprint density at radius 1 is 0.472 bits per heavy atom. The maximum absolute atomic E-state index is 2.45. The van der Waals surface area contributed by atoms with Gasteiger partial charge in [-0.3, -0.25) is 0 Å². The summed E-state index contributed by atoms with van der Waals surface area (Å²) in [5.41, 5.74) is 10.7. The Morgan fingerprint density at radius 2 is 0.806 bits per heavy atom. The van der Waals surface area contributed by atoms with Crippen molar-refractivity contribution in [1.29, 1.82) is 0 Å². The maximum atomic E-state index is 2.45. The van der Waals surface area contributed by atoms with E-state index in [9.17, 15) is 0 Å². The van der Waals surface area contributed by atoms with E-state index in [1.807, 2.05) is 0 Å². The van der Waals surface area contributed by atoms with Crippen LogP contribution in [-0.4, -0.2) is 39.3 Å². The van der Waals surface area contributed by atoms with Crippen LogP contribution in [0.5, 0.6) is 0 Å². The number of anilines is 3. The van der Waals surface area contributed by atoms with E-state index in [0.29, 0.717) is 0 Å². The van der Waals surface area contributed by atoms with Crippen molar-refractivity contribution < 1.29 is 0 Å². The van der Waals surface area contributed by atoms with Crippen molar-refractivity contribution in [1.82, 2.24) is 0 Å². The molecule has 3 nitrogen and oxygen atoms in total. The Kier molecular flexibility index (Phi) is 9.87. The molecule has 0 bridgehead atoms. The van der Waals surface area contributed by atoms with Gasteiger partial charge in [0.1, 0.15) is 0 Å². The number of rotatable bonds is 12. The monoisotopic (exact) mass is 485 g/mol. The van der Waals surface area contributed by atoms with Crippen molar-refractivity contribution in [2.24, 2.45) is 0 Å². The Hall–Kier alpha value is -2.94. The third kappa shape index (κ3) is 5.88. The zero-order chi connectivity index (χ0) is 26.2. The van der Waals surface area contributed by atoms with Crippen LogP contribution in [0.25, 0.3) is 0 Å². The Morgan fingerprint density at radius 3 is 1.17 bits per heavy atom. The van der Waals surface area contributed by atoms with E-state index in [0.717, 1.165) is 39.3 Å². The van der Waals surface area contributed by atoms with Gasteiger partial charge in [0.15, 0.2) is 0 Å². The Balaban J connectivity index is 2.24. The molecule has 0 aliphatic rings. The first-order valence-corrected chi connectivity index (χ1v) is 14.0. The molecule has 3 aromatic rings. The van der Waals surface area contributed by atoms with Gasteiger partial charge in [-0.15, -0.1) is 0 Å². The summed E-state index contributed by atoms with van der Waals surface area (Å²) in [4.78, 5) is 7.31. The van der Waals surface area contributed by atoms with Gasteiger partial charge in [0.05, 0.1) is 0 Å². The van der Waals surface area contributed by atoms with E-state index in [2.05, 4.69) is 131 Å². The molecule has 0 radical (unpaired) electrons. The van der Waals surface area contributed by atoms with E-state index < -0.39 is 0 Å². The van der Waals surface area contributed by atoms with Crippen molar-refractivity contribution in [2.75, 3.05) is 54.0 Å². The van der Waals surface area contributed by atoms with Crippen molar-refractivity contribution in [3.05, 3.63) is 88.5 Å². The third-order valence-corrected chi connectivity index (χ3v) is 7.76. The highest BCUT2D eigenvalue weighted by Gasteiger charge is 2.23. The smallest absolute Gasteiger partial charge is 0.0369 e. The minimum Gasteiger partial charge on any atom is -0.372 e. The molecule has 0 heterocycles. The van der Waals surface area contributed by atoms with Gasteiger partial charge >= 0.3 is 0 Å². The second kappa shape index (κ2) is 12.9. The van der Waals surface area contributed by atoms with Gasteiger partial charge in [-0.05, 0) is 120 Å². The van der Waals surface area contributed by atoms with Gasteiger partial charge in [-0.1, -0.05) is 24.3 Å². The topological polar surface area (TPSA) is 9.72 Å². The van der Waals surface area contributed by atoms with Gasteiger partial charge in [-0.2, -0.15) is 0 Å². The summed E-state index contributed by atoms with van der Waals surface area (Å²) in [6, 6.07) is 23.4. The molecule has 3 heteroatoms. The van der Waals surface area contributed by atoms with Crippen molar-refractivity contribution in [3.8, 4) is 0 Å². The molecular formula is C33H47N3. The molecule has 3 aromatic carbocycles. The molecule has 0 saturated heterocycles. The van der Waals surface area contributed by atoms with E-state index in [4.69, 9.17) is 0 Å². The van der Waals surface area contributed by atoms with Crippen LogP contribution >= 0.6 is 0 Å². The zero-order valence-electron chi connectivity index (χ0n) is 23.9. The van der Waals surface area contributed by atoms with Gasteiger partial charge in [-0.25, -0.2) is 0 Å². The highest BCUT2D eigenvalue weighted by molar-refractivity contribution is 5.61. The first-order chi connectivity index (χ1) is 17.4. The van der Waals surface area contributed by atoms with Gasteiger partial charge in [0.25, 0.3) is 0 Å². The van der Waals surface area contributed by atoms with Crippen LogP contribution in [-0.2, 0) is 0 Å². The fourth-order valence-electron chi connectivity index (χ4n) is 5.44. The summed E-state index contributed by atoms with van der Waals surface area (Å²) in [6.07, 6.45) is 0. The number of aryl methyl sites for hydroxylation is 2. The van der Waals surface area contributed by atoms with Gasteiger partial charge in [0, 0.05) is 62.2 Å². The first-order valence-electron chi connectivity index (χ1n) is 14.0. The molecule has 0 spiro atoms. The minimum absolute atomic E-state index is 0.182. The summed E-state index contributed by atoms with van der Waals surface area (Å²) < 4.78 is 0. The summed E-state index contributed by atoms with van der Waals surface area (Å²) in [5.74, 6) is 0.182. The molecule has 36 heavy (non-hydrogen) atoms. The molecule has 0 aliphatic carbocycles. The van der Waals surface area contributed by atoms with Crippen LogP contribution in [0.2, 0.25) is 0 Å². The van der Waals surface area contributed by atoms with Crippen molar-refractivity contribution >= 4 is 17.1 Å². The molecule has 0 aromatic heterocycles. The molecule has 194 valence electrons. The van der Waals surface area contributed by atoms with Crippen LogP contribution in [0.4, 0.5) is 17.1 Å². The van der Waals surface area contributed by atoms with Crippen LogP contribution in [0, 0.1) is 13.8 Å². The average molecular weight is 486 g/mol. The number of hydrogen-bond acceptors (Lipinski definition) is 3. The summed E-state index contributed by atoms with van der Waals surface area (Å²) >= 11 is 0. The maximum Gasteiger partial charge on any atom is 0.0369 e. The standard InChI is InChI=1S/C33H47N3/c1-9-34(10-2)28-21-17-27(18-22-28)33(31-23-29(19-15-25(31)7)35(11-3)12-4)32-24-30(20-16-26(32)8)36(13-5)14-6/h15-24,33H,9-14H2,1-8H3. The zero-order valence-corrected chi connectivity index (χ0v) is 23.9. The summed E-state index contributed by atoms with van der Waals surface area (Å²) in [7, 11) is 0. The predicted octanol–water partition coefficient (Wildman–Crippen LogP) is 8.02. The highest BCUT2D eigenvalue weighted by atomic mass is 15.1. The first kappa shape index (κ1) is 27.6. The lowest BCUT2D eigenvalue weighted by Crippen LogP contribution is -2.23. The SMILES string of the molecule is CCN(CC)c1ccc(C(c2cc(N(CC)CC)ccc2C)c2cc(N(CC)CC)ccc2C)cc1. The van der Waals surface area contributed by atoms with Gasteiger partial charge in [0.2, 0.25) is 0 Å². The lowest BCUT2D eigenvalue weighted by molar-refractivity contribution is 0.853. The van der Waals surface area contributed by atoms with Crippen LogP contribution < -0.4 is 14.7 Å².